The summed E-state index contributed by atoms with van der Waals surface area (Å²) in [7, 11) is 0. The van der Waals surface area contributed by atoms with Gasteiger partial charge in [0.15, 0.2) is 0 Å². The van der Waals surface area contributed by atoms with Gasteiger partial charge >= 0.3 is 0 Å². The molecule has 23 heavy (non-hydrogen) atoms. The van der Waals surface area contributed by atoms with Crippen LogP contribution in [0.5, 0.6) is 5.75 Å². The van der Waals surface area contributed by atoms with E-state index in [1.54, 1.807) is 41.3 Å². The molecule has 2 aromatic heterocycles. The number of phenolic OH excluding ortho intramolecular Hbond substituents is 1. The fourth-order valence-electron chi connectivity index (χ4n) is 2.22. The molecule has 8 heteroatoms. The summed E-state index contributed by atoms with van der Waals surface area (Å²) in [6.07, 6.45) is 3.04. The van der Waals surface area contributed by atoms with E-state index in [1.165, 1.54) is 6.33 Å². The molecule has 0 fully saturated rings. The molecule has 3 aromatic rings. The number of nitrogens with one attached hydrogen (secondary N) is 2. The number of aromatic hydroxyl groups is 1. The highest BCUT2D eigenvalue weighted by molar-refractivity contribution is 5.93. The van der Waals surface area contributed by atoms with Gasteiger partial charge in [0.05, 0.1) is 12.2 Å². The average Bonchev–Trinajstić information content (AvgIpc) is 3.19. The van der Waals surface area contributed by atoms with Crippen molar-refractivity contribution in [3.8, 4) is 17.0 Å². The molecular formula is C15H16N6O2. The lowest BCUT2D eigenvalue weighted by molar-refractivity contribution is 0.0931. The van der Waals surface area contributed by atoms with Crippen molar-refractivity contribution in [3.05, 3.63) is 48.7 Å². The molecule has 1 unspecified atom stereocenters. The summed E-state index contributed by atoms with van der Waals surface area (Å²) < 4.78 is 1.64. The molecule has 2 heterocycles. The van der Waals surface area contributed by atoms with Crippen molar-refractivity contribution < 1.29 is 9.90 Å². The van der Waals surface area contributed by atoms with Gasteiger partial charge in [-0.05, 0) is 25.1 Å². The maximum absolute atomic E-state index is 12.2. The maximum atomic E-state index is 12.2. The second kappa shape index (κ2) is 6.30. The van der Waals surface area contributed by atoms with Crippen LogP contribution in [0.1, 0.15) is 17.4 Å². The SMILES string of the molecule is CC(Cn1cncn1)NC(=O)c1cc(-c2ccccc2O)n[nH]1. The van der Waals surface area contributed by atoms with Crippen LogP contribution < -0.4 is 5.32 Å². The largest absolute Gasteiger partial charge is 0.507 e. The number of para-hydroxylation sites is 1. The number of hydrogen-bond donors (Lipinski definition) is 3. The third-order valence-electron chi connectivity index (χ3n) is 3.31. The van der Waals surface area contributed by atoms with Crippen molar-refractivity contribution in [1.29, 1.82) is 0 Å². The molecule has 0 saturated heterocycles. The van der Waals surface area contributed by atoms with Gasteiger partial charge in [-0.15, -0.1) is 0 Å². The fourth-order valence-corrected chi connectivity index (χ4v) is 2.22. The molecule has 3 N–H and O–H groups in total. The van der Waals surface area contributed by atoms with Crippen molar-refractivity contribution in [2.45, 2.75) is 19.5 Å². The number of H-pyrrole nitrogens is 1. The molecular weight excluding hydrogens is 296 g/mol. The van der Waals surface area contributed by atoms with E-state index >= 15 is 0 Å². The number of phenols is 1. The number of carbonyl (C=O) groups is 1. The number of benzene rings is 1. The Kier molecular flexibility index (Phi) is 4.05. The van der Waals surface area contributed by atoms with E-state index in [2.05, 4.69) is 25.6 Å². The Balaban J connectivity index is 1.68. The predicted molar refractivity (Wildman–Crippen MR) is 82.6 cm³/mol. The van der Waals surface area contributed by atoms with E-state index in [4.69, 9.17) is 0 Å². The molecule has 0 radical (unpaired) electrons. The van der Waals surface area contributed by atoms with Crippen LogP contribution in [0.2, 0.25) is 0 Å². The third kappa shape index (κ3) is 3.37. The number of rotatable bonds is 5. The average molecular weight is 312 g/mol. The number of aromatic nitrogens is 5. The van der Waals surface area contributed by atoms with E-state index in [0.29, 0.717) is 23.5 Å². The highest BCUT2D eigenvalue weighted by Crippen LogP contribution is 2.27. The standard InChI is InChI=1S/C15H16N6O2/c1-10(7-21-9-16-8-17-21)18-15(23)13-6-12(19-20-13)11-4-2-3-5-14(11)22/h2-6,8-10,22H,7H2,1H3,(H,18,23)(H,19,20). The monoisotopic (exact) mass is 312 g/mol. The van der Waals surface area contributed by atoms with Crippen molar-refractivity contribution >= 4 is 5.91 Å². The Hall–Kier alpha value is -3.16. The van der Waals surface area contributed by atoms with Gasteiger partial charge in [0.25, 0.3) is 5.91 Å². The zero-order valence-corrected chi connectivity index (χ0v) is 12.5. The van der Waals surface area contributed by atoms with Gasteiger partial charge in [-0.1, -0.05) is 12.1 Å². The lowest BCUT2D eigenvalue weighted by Crippen LogP contribution is -2.36. The van der Waals surface area contributed by atoms with Crippen LogP contribution in [0.15, 0.2) is 43.0 Å². The number of carbonyl (C=O) groups excluding carboxylic acids is 1. The van der Waals surface area contributed by atoms with Crippen LogP contribution in [-0.2, 0) is 6.54 Å². The molecule has 0 aliphatic carbocycles. The quantitative estimate of drug-likeness (QED) is 0.656. The third-order valence-corrected chi connectivity index (χ3v) is 3.31. The lowest BCUT2D eigenvalue weighted by atomic mass is 10.1. The van der Waals surface area contributed by atoms with E-state index in [1.807, 2.05) is 6.92 Å². The molecule has 0 bridgehead atoms. The van der Waals surface area contributed by atoms with Gasteiger partial charge in [-0.2, -0.15) is 10.2 Å². The molecule has 3 rings (SSSR count). The van der Waals surface area contributed by atoms with E-state index in [-0.39, 0.29) is 17.7 Å². The second-order valence-corrected chi connectivity index (χ2v) is 5.18. The number of nitrogens with zero attached hydrogens (tertiary/aromatic N) is 4. The lowest BCUT2D eigenvalue weighted by Gasteiger charge is -2.12. The summed E-state index contributed by atoms with van der Waals surface area (Å²) >= 11 is 0. The first-order chi connectivity index (χ1) is 11.1. The van der Waals surface area contributed by atoms with Gasteiger partial charge < -0.3 is 10.4 Å². The minimum atomic E-state index is -0.271. The van der Waals surface area contributed by atoms with Crippen LogP contribution in [0.3, 0.4) is 0 Å². The van der Waals surface area contributed by atoms with E-state index in [9.17, 15) is 9.90 Å². The summed E-state index contributed by atoms with van der Waals surface area (Å²) in [4.78, 5) is 16.1. The molecule has 1 amide bonds. The summed E-state index contributed by atoms with van der Waals surface area (Å²) in [6.45, 7) is 2.39. The van der Waals surface area contributed by atoms with Crippen LogP contribution in [0.4, 0.5) is 0 Å². The first-order valence-electron chi connectivity index (χ1n) is 7.10. The van der Waals surface area contributed by atoms with Crippen LogP contribution in [-0.4, -0.2) is 42.0 Å². The van der Waals surface area contributed by atoms with E-state index < -0.39 is 0 Å². The molecule has 1 aromatic carbocycles. The maximum Gasteiger partial charge on any atom is 0.269 e. The molecule has 0 aliphatic rings. The smallest absolute Gasteiger partial charge is 0.269 e. The van der Waals surface area contributed by atoms with Gasteiger partial charge in [-0.3, -0.25) is 14.6 Å². The molecule has 1 atom stereocenters. The Morgan fingerprint density at radius 1 is 1.43 bits per heavy atom. The minimum Gasteiger partial charge on any atom is -0.507 e. The van der Waals surface area contributed by atoms with Crippen LogP contribution >= 0.6 is 0 Å². The Bertz CT molecular complexity index is 796. The highest BCUT2D eigenvalue weighted by Gasteiger charge is 2.15. The van der Waals surface area contributed by atoms with Gasteiger partial charge in [0.2, 0.25) is 0 Å². The van der Waals surface area contributed by atoms with Crippen LogP contribution in [0.25, 0.3) is 11.3 Å². The minimum absolute atomic E-state index is 0.116. The van der Waals surface area contributed by atoms with E-state index in [0.717, 1.165) is 0 Å². The molecule has 0 saturated carbocycles. The molecule has 8 nitrogen and oxygen atoms in total. The zero-order chi connectivity index (χ0) is 16.2. The topological polar surface area (TPSA) is 109 Å². The van der Waals surface area contributed by atoms with Gasteiger partial charge in [0.1, 0.15) is 24.1 Å². The Labute approximate surface area is 132 Å². The van der Waals surface area contributed by atoms with Crippen molar-refractivity contribution in [2.24, 2.45) is 0 Å². The normalized spacial score (nSPS) is 12.0. The van der Waals surface area contributed by atoms with Crippen molar-refractivity contribution in [1.82, 2.24) is 30.3 Å². The predicted octanol–water partition coefficient (Wildman–Crippen LogP) is 1.19. The first kappa shape index (κ1) is 14.8. The first-order valence-corrected chi connectivity index (χ1v) is 7.10. The summed E-state index contributed by atoms with van der Waals surface area (Å²) in [6, 6.07) is 8.31. The number of hydrogen-bond acceptors (Lipinski definition) is 5. The zero-order valence-electron chi connectivity index (χ0n) is 12.5. The second-order valence-electron chi connectivity index (χ2n) is 5.18. The Morgan fingerprint density at radius 2 is 2.26 bits per heavy atom. The Morgan fingerprint density at radius 3 is 3.00 bits per heavy atom. The molecule has 0 spiro atoms. The summed E-state index contributed by atoms with van der Waals surface area (Å²) in [5, 5.41) is 23.4. The van der Waals surface area contributed by atoms with Gasteiger partial charge in [-0.25, -0.2) is 4.98 Å². The summed E-state index contributed by atoms with van der Waals surface area (Å²) in [5.74, 6) is -0.155. The van der Waals surface area contributed by atoms with Crippen molar-refractivity contribution in [2.75, 3.05) is 0 Å². The molecule has 118 valence electrons. The summed E-state index contributed by atoms with van der Waals surface area (Å²) in [5.41, 5.74) is 1.41. The number of amides is 1. The van der Waals surface area contributed by atoms with Crippen molar-refractivity contribution in [3.63, 3.8) is 0 Å². The van der Waals surface area contributed by atoms with Gasteiger partial charge in [0, 0.05) is 11.6 Å². The molecule has 0 aliphatic heterocycles. The highest BCUT2D eigenvalue weighted by atomic mass is 16.3. The number of aromatic amines is 1. The van der Waals surface area contributed by atoms with Crippen LogP contribution in [0, 0.1) is 0 Å². The fraction of sp³-hybridized carbons (Fsp3) is 0.200.